The molecular weight excluding hydrogens is 535 g/mol. The number of nitrogens with zero attached hydrogens (tertiary/aromatic N) is 4. The SMILES string of the molecule is CC1(C)CCC2(CC=NN2c2ccccc2)C2CN1C(=O)c1cc(=O)c(C(=O)NCc3c(F)cc(F)cc3F)cn12. The fourth-order valence-electron chi connectivity index (χ4n) is 6.27. The van der Waals surface area contributed by atoms with Crippen molar-refractivity contribution in [2.45, 2.75) is 56.8 Å². The summed E-state index contributed by atoms with van der Waals surface area (Å²) in [6.45, 7) is 3.75. The van der Waals surface area contributed by atoms with Crippen LogP contribution in [0.2, 0.25) is 0 Å². The molecule has 41 heavy (non-hydrogen) atoms. The molecular formula is C30H28F3N5O3. The number of pyridine rings is 1. The summed E-state index contributed by atoms with van der Waals surface area (Å²) >= 11 is 0. The molecule has 2 unspecified atom stereocenters. The minimum absolute atomic E-state index is 0.160. The predicted molar refractivity (Wildman–Crippen MR) is 146 cm³/mol. The molecule has 3 aliphatic rings. The van der Waals surface area contributed by atoms with Crippen molar-refractivity contribution in [3.63, 3.8) is 0 Å². The molecule has 0 aliphatic carbocycles. The van der Waals surface area contributed by atoms with Crippen LogP contribution in [0.5, 0.6) is 0 Å². The van der Waals surface area contributed by atoms with E-state index in [9.17, 15) is 27.6 Å². The molecule has 1 N–H and O–H groups in total. The maximum Gasteiger partial charge on any atom is 0.271 e. The molecule has 1 spiro atoms. The number of nitrogens with one attached hydrogen (secondary N) is 1. The summed E-state index contributed by atoms with van der Waals surface area (Å²) in [6, 6.07) is 11.5. The van der Waals surface area contributed by atoms with E-state index in [0.717, 1.165) is 11.8 Å². The van der Waals surface area contributed by atoms with Crippen LogP contribution in [-0.4, -0.2) is 45.1 Å². The van der Waals surface area contributed by atoms with Crippen LogP contribution in [0.1, 0.15) is 65.6 Å². The lowest BCUT2D eigenvalue weighted by Gasteiger charge is -2.47. The monoisotopic (exact) mass is 563 g/mol. The summed E-state index contributed by atoms with van der Waals surface area (Å²) in [5.41, 5.74) is -1.55. The number of anilines is 1. The summed E-state index contributed by atoms with van der Waals surface area (Å²) in [5.74, 6) is -4.56. The van der Waals surface area contributed by atoms with E-state index in [-0.39, 0.29) is 23.2 Å². The second-order valence-corrected chi connectivity index (χ2v) is 11.4. The lowest BCUT2D eigenvalue weighted by molar-refractivity contribution is 0.0436. The molecule has 1 aromatic heterocycles. The van der Waals surface area contributed by atoms with Crippen molar-refractivity contribution < 1.29 is 22.8 Å². The van der Waals surface area contributed by atoms with E-state index in [4.69, 9.17) is 5.10 Å². The molecule has 0 radical (unpaired) electrons. The summed E-state index contributed by atoms with van der Waals surface area (Å²) < 4.78 is 43.3. The van der Waals surface area contributed by atoms with Gasteiger partial charge in [-0.05, 0) is 38.8 Å². The van der Waals surface area contributed by atoms with Crippen molar-refractivity contribution in [2.75, 3.05) is 11.6 Å². The first-order chi connectivity index (χ1) is 19.5. The average Bonchev–Trinajstić information content (AvgIpc) is 3.32. The Balaban J connectivity index is 1.42. The van der Waals surface area contributed by atoms with Gasteiger partial charge in [0.15, 0.2) is 5.43 Å². The van der Waals surface area contributed by atoms with Crippen LogP contribution < -0.4 is 15.8 Å². The molecule has 6 rings (SSSR count). The van der Waals surface area contributed by atoms with Gasteiger partial charge in [0, 0.05) is 61.2 Å². The van der Waals surface area contributed by atoms with Gasteiger partial charge in [-0.3, -0.25) is 19.4 Å². The Bertz CT molecular complexity index is 1630. The molecule has 212 valence electrons. The Kier molecular flexibility index (Phi) is 6.28. The highest BCUT2D eigenvalue weighted by Crippen LogP contribution is 2.49. The number of aromatic nitrogens is 1. The second-order valence-electron chi connectivity index (χ2n) is 11.4. The number of benzene rings is 2. The van der Waals surface area contributed by atoms with Crippen LogP contribution in [0.25, 0.3) is 0 Å². The van der Waals surface area contributed by atoms with Gasteiger partial charge in [-0.1, -0.05) is 18.2 Å². The predicted octanol–water partition coefficient (Wildman–Crippen LogP) is 4.40. The summed E-state index contributed by atoms with van der Waals surface area (Å²) in [6.07, 6.45) is 5.17. The Morgan fingerprint density at radius 3 is 2.46 bits per heavy atom. The maximum atomic E-state index is 14.1. The maximum absolute atomic E-state index is 14.1. The molecule has 3 aliphatic heterocycles. The normalized spacial score (nSPS) is 22.6. The van der Waals surface area contributed by atoms with E-state index in [1.807, 2.05) is 55.4 Å². The van der Waals surface area contributed by atoms with Gasteiger partial charge >= 0.3 is 0 Å². The van der Waals surface area contributed by atoms with Gasteiger partial charge in [0.25, 0.3) is 11.8 Å². The van der Waals surface area contributed by atoms with Crippen molar-refractivity contribution in [3.8, 4) is 0 Å². The number of fused-ring (bicyclic) bond motifs is 5. The molecule has 4 heterocycles. The minimum Gasteiger partial charge on any atom is -0.348 e. The summed E-state index contributed by atoms with van der Waals surface area (Å²) in [7, 11) is 0. The minimum atomic E-state index is -1.15. The average molecular weight is 564 g/mol. The Hall–Kier alpha value is -4.41. The number of carbonyl (C=O) groups excluding carboxylic acids is 2. The lowest BCUT2D eigenvalue weighted by atomic mass is 9.80. The van der Waals surface area contributed by atoms with Crippen LogP contribution in [0.4, 0.5) is 18.9 Å². The second kappa shape index (κ2) is 9.60. The van der Waals surface area contributed by atoms with Gasteiger partial charge < -0.3 is 14.8 Å². The first-order valence-corrected chi connectivity index (χ1v) is 13.4. The molecule has 11 heteroatoms. The third kappa shape index (κ3) is 4.30. The quantitative estimate of drug-likeness (QED) is 0.510. The number of rotatable bonds is 4. The third-order valence-electron chi connectivity index (χ3n) is 8.60. The van der Waals surface area contributed by atoms with Gasteiger partial charge in [0.05, 0.1) is 17.3 Å². The molecule has 2 bridgehead atoms. The largest absolute Gasteiger partial charge is 0.348 e. The molecule has 8 nitrogen and oxygen atoms in total. The lowest BCUT2D eigenvalue weighted by Crippen LogP contribution is -2.58. The van der Waals surface area contributed by atoms with Crippen LogP contribution in [-0.2, 0) is 6.54 Å². The van der Waals surface area contributed by atoms with Crippen LogP contribution >= 0.6 is 0 Å². The van der Waals surface area contributed by atoms with Crippen molar-refractivity contribution in [1.82, 2.24) is 14.8 Å². The smallest absolute Gasteiger partial charge is 0.271 e. The van der Waals surface area contributed by atoms with E-state index in [1.54, 1.807) is 9.47 Å². The van der Waals surface area contributed by atoms with Crippen molar-refractivity contribution >= 4 is 23.7 Å². The Morgan fingerprint density at radius 1 is 1.05 bits per heavy atom. The van der Waals surface area contributed by atoms with Gasteiger partial charge in [-0.15, -0.1) is 0 Å². The number of amides is 2. The highest BCUT2D eigenvalue weighted by atomic mass is 19.1. The zero-order valence-electron chi connectivity index (χ0n) is 22.5. The van der Waals surface area contributed by atoms with Crippen LogP contribution in [0.3, 0.4) is 0 Å². The van der Waals surface area contributed by atoms with E-state index < -0.39 is 52.0 Å². The molecule has 2 amide bonds. The third-order valence-corrected chi connectivity index (χ3v) is 8.60. The van der Waals surface area contributed by atoms with Crippen molar-refractivity contribution in [2.24, 2.45) is 5.10 Å². The molecule has 2 aromatic carbocycles. The number of hydrazone groups is 1. The van der Waals surface area contributed by atoms with Crippen LogP contribution in [0, 0.1) is 17.5 Å². The fourth-order valence-corrected chi connectivity index (χ4v) is 6.27. The number of para-hydroxylation sites is 1. The molecule has 0 saturated carbocycles. The van der Waals surface area contributed by atoms with Gasteiger partial charge in [-0.25, -0.2) is 13.2 Å². The molecule has 1 fully saturated rings. The van der Waals surface area contributed by atoms with E-state index in [0.29, 0.717) is 37.9 Å². The zero-order valence-corrected chi connectivity index (χ0v) is 22.5. The van der Waals surface area contributed by atoms with Crippen LogP contribution in [0.15, 0.2) is 64.6 Å². The standard InChI is InChI=1S/C30H28F3N5O3/c1-29(2)8-9-30(10-11-35-38(30)19-6-4-3-5-7-19)26-17-37(29)28(41)24-14-25(39)21(16-36(24)26)27(40)34-15-20-22(32)12-18(31)13-23(20)33/h3-7,11-14,16,26H,8-10,15,17H2,1-2H3,(H,34,40). The highest BCUT2D eigenvalue weighted by Gasteiger charge is 2.55. The van der Waals surface area contributed by atoms with Gasteiger partial charge in [0.2, 0.25) is 0 Å². The Morgan fingerprint density at radius 2 is 1.76 bits per heavy atom. The van der Waals surface area contributed by atoms with E-state index in [1.165, 1.54) is 6.20 Å². The zero-order chi connectivity index (χ0) is 29.1. The summed E-state index contributed by atoms with van der Waals surface area (Å²) in [4.78, 5) is 41.8. The summed E-state index contributed by atoms with van der Waals surface area (Å²) in [5, 5.41) is 9.07. The number of hydrogen-bond donors (Lipinski definition) is 1. The van der Waals surface area contributed by atoms with Gasteiger partial charge in [0.1, 0.15) is 28.7 Å². The fraction of sp³-hybridized carbons (Fsp3) is 0.333. The molecule has 3 aromatic rings. The van der Waals surface area contributed by atoms with E-state index >= 15 is 0 Å². The number of carbonyl (C=O) groups is 2. The van der Waals surface area contributed by atoms with E-state index in [2.05, 4.69) is 5.32 Å². The van der Waals surface area contributed by atoms with Crippen molar-refractivity contribution in [3.05, 3.63) is 99.2 Å². The molecule has 1 saturated heterocycles. The number of halogens is 3. The van der Waals surface area contributed by atoms with Crippen molar-refractivity contribution in [1.29, 1.82) is 0 Å². The number of hydrogen-bond acceptors (Lipinski definition) is 5. The first kappa shape index (κ1) is 26.8. The first-order valence-electron chi connectivity index (χ1n) is 13.4. The Labute approximate surface area is 234 Å². The van der Waals surface area contributed by atoms with Gasteiger partial charge in [-0.2, -0.15) is 5.10 Å². The molecule has 2 atom stereocenters. The highest BCUT2D eigenvalue weighted by molar-refractivity contribution is 5.97. The topological polar surface area (TPSA) is 87.0 Å².